The molecule has 0 radical (unpaired) electrons. The molecule has 9 heteroatoms. The van der Waals surface area contributed by atoms with Gasteiger partial charge in [0.15, 0.2) is 11.5 Å². The van der Waals surface area contributed by atoms with Crippen LogP contribution in [0.1, 0.15) is 41.6 Å². The van der Waals surface area contributed by atoms with Crippen molar-refractivity contribution < 1.29 is 9.21 Å². The Morgan fingerprint density at radius 3 is 2.87 bits per heavy atom. The summed E-state index contributed by atoms with van der Waals surface area (Å²) in [6.07, 6.45) is 4.14. The molecule has 0 bridgehead atoms. The van der Waals surface area contributed by atoms with Crippen molar-refractivity contribution in [3.8, 4) is 0 Å². The van der Waals surface area contributed by atoms with E-state index in [0.29, 0.717) is 23.9 Å². The standard InChI is InChI=1S/C22H24N6O2S/c1-13-16(14(2)28-21(23-13)25-22(26-28)31-3)11-19(29)27-10-6-7-15(12-27)20-24-17-8-4-5-9-18(17)30-20/h4-5,8-9,15H,6-7,10-12H2,1-3H3. The molecule has 1 amide bonds. The summed E-state index contributed by atoms with van der Waals surface area (Å²) >= 11 is 1.48. The van der Waals surface area contributed by atoms with Crippen LogP contribution in [0.25, 0.3) is 16.9 Å². The van der Waals surface area contributed by atoms with Gasteiger partial charge in [-0.05, 0) is 45.1 Å². The Kier molecular flexibility index (Phi) is 5.13. The molecule has 160 valence electrons. The Morgan fingerprint density at radius 2 is 2.06 bits per heavy atom. The van der Waals surface area contributed by atoms with Crippen molar-refractivity contribution in [2.45, 2.75) is 44.2 Å². The molecule has 4 aromatic rings. The van der Waals surface area contributed by atoms with E-state index in [9.17, 15) is 4.79 Å². The predicted molar refractivity (Wildman–Crippen MR) is 118 cm³/mol. The van der Waals surface area contributed by atoms with Crippen molar-refractivity contribution >= 4 is 34.5 Å². The molecule has 8 nitrogen and oxygen atoms in total. The van der Waals surface area contributed by atoms with Crippen molar-refractivity contribution in [2.75, 3.05) is 19.3 Å². The predicted octanol–water partition coefficient (Wildman–Crippen LogP) is 3.55. The zero-order chi connectivity index (χ0) is 21.5. The lowest BCUT2D eigenvalue weighted by Crippen LogP contribution is -2.40. The van der Waals surface area contributed by atoms with Crippen LogP contribution in [0.5, 0.6) is 0 Å². The van der Waals surface area contributed by atoms with Crippen molar-refractivity contribution in [2.24, 2.45) is 0 Å². The molecule has 31 heavy (non-hydrogen) atoms. The fraction of sp³-hybridized carbons (Fsp3) is 0.409. The maximum Gasteiger partial charge on any atom is 0.253 e. The molecular weight excluding hydrogens is 412 g/mol. The normalized spacial score (nSPS) is 17.0. The number of rotatable bonds is 4. The minimum Gasteiger partial charge on any atom is -0.440 e. The molecule has 0 spiro atoms. The minimum atomic E-state index is 0.0957. The number of para-hydroxylation sites is 2. The number of oxazole rings is 1. The molecule has 5 rings (SSSR count). The minimum absolute atomic E-state index is 0.0957. The first-order chi connectivity index (χ1) is 15.0. The van der Waals surface area contributed by atoms with Crippen LogP contribution in [-0.2, 0) is 11.2 Å². The van der Waals surface area contributed by atoms with Crippen LogP contribution in [-0.4, -0.2) is 54.7 Å². The highest BCUT2D eigenvalue weighted by Crippen LogP contribution is 2.29. The van der Waals surface area contributed by atoms with Crippen LogP contribution < -0.4 is 0 Å². The topological polar surface area (TPSA) is 89.4 Å². The molecule has 1 saturated heterocycles. The Labute approximate surface area is 184 Å². The molecule has 4 heterocycles. The Bertz CT molecular complexity index is 1250. The number of carbonyl (C=O) groups is 1. The Balaban J connectivity index is 1.36. The summed E-state index contributed by atoms with van der Waals surface area (Å²) in [6.45, 7) is 5.28. The van der Waals surface area contributed by atoms with Crippen LogP contribution in [0, 0.1) is 13.8 Å². The second-order valence-corrected chi connectivity index (χ2v) is 8.72. The van der Waals surface area contributed by atoms with E-state index >= 15 is 0 Å². The summed E-state index contributed by atoms with van der Waals surface area (Å²) in [5, 5.41) is 5.16. The number of amides is 1. The van der Waals surface area contributed by atoms with Crippen LogP contribution in [0.3, 0.4) is 0 Å². The molecule has 1 aliphatic rings. The van der Waals surface area contributed by atoms with Crippen LogP contribution in [0.2, 0.25) is 0 Å². The van der Waals surface area contributed by atoms with E-state index in [1.165, 1.54) is 11.8 Å². The quantitative estimate of drug-likeness (QED) is 0.452. The SMILES string of the molecule is CSc1nc2nc(C)c(CC(=O)N3CCCC(c4nc5ccccc5o4)C3)c(C)n2n1. The second-order valence-electron chi connectivity index (χ2n) is 7.95. The smallest absolute Gasteiger partial charge is 0.253 e. The molecule has 1 fully saturated rings. The van der Waals surface area contributed by atoms with E-state index in [1.54, 1.807) is 4.52 Å². The molecule has 0 saturated carbocycles. The third kappa shape index (κ3) is 3.67. The van der Waals surface area contributed by atoms with Gasteiger partial charge < -0.3 is 9.32 Å². The number of hydrogen-bond acceptors (Lipinski definition) is 7. The van der Waals surface area contributed by atoms with Crippen LogP contribution in [0.15, 0.2) is 33.8 Å². The van der Waals surface area contributed by atoms with E-state index in [1.807, 2.05) is 49.3 Å². The van der Waals surface area contributed by atoms with Crippen LogP contribution >= 0.6 is 11.8 Å². The first kappa shape index (κ1) is 20.0. The summed E-state index contributed by atoms with van der Waals surface area (Å²) in [5.41, 5.74) is 4.31. The zero-order valence-electron chi connectivity index (χ0n) is 17.8. The van der Waals surface area contributed by atoms with E-state index in [4.69, 9.17) is 4.42 Å². The van der Waals surface area contributed by atoms with E-state index in [0.717, 1.165) is 53.3 Å². The number of aromatic nitrogens is 5. The highest BCUT2D eigenvalue weighted by Gasteiger charge is 2.29. The Morgan fingerprint density at radius 1 is 1.23 bits per heavy atom. The van der Waals surface area contributed by atoms with Gasteiger partial charge in [-0.2, -0.15) is 4.98 Å². The van der Waals surface area contributed by atoms with Gasteiger partial charge >= 0.3 is 0 Å². The molecule has 1 unspecified atom stereocenters. The number of fused-ring (bicyclic) bond motifs is 2. The number of benzene rings is 1. The van der Waals surface area contributed by atoms with Crippen molar-refractivity contribution in [1.29, 1.82) is 0 Å². The number of aryl methyl sites for hydroxylation is 2. The van der Waals surface area contributed by atoms with E-state index in [-0.39, 0.29) is 11.8 Å². The second kappa shape index (κ2) is 7.96. The highest BCUT2D eigenvalue weighted by molar-refractivity contribution is 7.98. The number of hydrogen-bond donors (Lipinski definition) is 0. The molecule has 3 aromatic heterocycles. The van der Waals surface area contributed by atoms with E-state index < -0.39 is 0 Å². The van der Waals surface area contributed by atoms with E-state index in [2.05, 4.69) is 20.1 Å². The van der Waals surface area contributed by atoms with Crippen molar-refractivity contribution in [3.63, 3.8) is 0 Å². The lowest BCUT2D eigenvalue weighted by Gasteiger charge is -2.31. The third-order valence-corrected chi connectivity index (χ3v) is 6.51. The summed E-state index contributed by atoms with van der Waals surface area (Å²) in [6, 6.07) is 7.78. The summed E-state index contributed by atoms with van der Waals surface area (Å²) in [5.74, 6) is 1.51. The molecule has 0 N–H and O–H groups in total. The van der Waals surface area contributed by atoms with Crippen molar-refractivity contribution in [3.05, 3.63) is 47.1 Å². The number of piperidine rings is 1. The highest BCUT2D eigenvalue weighted by atomic mass is 32.2. The molecule has 0 aliphatic carbocycles. The lowest BCUT2D eigenvalue weighted by atomic mass is 9.97. The molecule has 1 aliphatic heterocycles. The Hall–Kier alpha value is -2.94. The summed E-state index contributed by atoms with van der Waals surface area (Å²) in [7, 11) is 0. The average molecular weight is 437 g/mol. The monoisotopic (exact) mass is 436 g/mol. The van der Waals surface area contributed by atoms with Gasteiger partial charge in [0.2, 0.25) is 11.1 Å². The molecular formula is C22H24N6O2S. The first-order valence-electron chi connectivity index (χ1n) is 10.4. The largest absolute Gasteiger partial charge is 0.440 e. The van der Waals surface area contributed by atoms with Gasteiger partial charge in [0, 0.05) is 30.0 Å². The average Bonchev–Trinajstić information content (AvgIpc) is 3.40. The third-order valence-electron chi connectivity index (χ3n) is 5.97. The van der Waals surface area contributed by atoms with Gasteiger partial charge in [0.05, 0.1) is 12.3 Å². The zero-order valence-corrected chi connectivity index (χ0v) is 18.6. The van der Waals surface area contributed by atoms with Gasteiger partial charge in [-0.3, -0.25) is 4.79 Å². The van der Waals surface area contributed by atoms with Gasteiger partial charge in [0.25, 0.3) is 5.78 Å². The maximum absolute atomic E-state index is 13.2. The first-order valence-corrected chi connectivity index (χ1v) is 11.7. The van der Waals surface area contributed by atoms with Gasteiger partial charge in [0.1, 0.15) is 5.52 Å². The molecule has 1 aromatic carbocycles. The molecule has 1 atom stereocenters. The lowest BCUT2D eigenvalue weighted by molar-refractivity contribution is -0.131. The maximum atomic E-state index is 13.2. The van der Waals surface area contributed by atoms with Gasteiger partial charge in [-0.1, -0.05) is 23.9 Å². The van der Waals surface area contributed by atoms with Gasteiger partial charge in [-0.15, -0.1) is 5.10 Å². The number of thioether (sulfide) groups is 1. The number of nitrogens with zero attached hydrogens (tertiary/aromatic N) is 6. The number of carbonyl (C=O) groups excluding carboxylic acids is 1. The van der Waals surface area contributed by atoms with Crippen LogP contribution in [0.4, 0.5) is 0 Å². The van der Waals surface area contributed by atoms with Gasteiger partial charge in [-0.25, -0.2) is 14.5 Å². The fourth-order valence-electron chi connectivity index (χ4n) is 4.27. The summed E-state index contributed by atoms with van der Waals surface area (Å²) in [4.78, 5) is 28.8. The van der Waals surface area contributed by atoms with Crippen molar-refractivity contribution in [1.82, 2.24) is 29.5 Å². The summed E-state index contributed by atoms with van der Waals surface area (Å²) < 4.78 is 7.71. The fourth-order valence-corrected chi connectivity index (χ4v) is 4.60. The number of likely N-dealkylation sites (tertiary alicyclic amines) is 1.